The van der Waals surface area contributed by atoms with Gasteiger partial charge in [0.15, 0.2) is 0 Å². The number of phenolic OH excluding ortho intramolecular Hbond substituents is 1. The molecule has 0 heterocycles. The van der Waals surface area contributed by atoms with E-state index in [1.54, 1.807) is 0 Å². The highest BCUT2D eigenvalue weighted by molar-refractivity contribution is 5.96. The molecule has 94 valence electrons. The number of carbonyl (C=O) groups excluding carboxylic acids is 1. The average molecular weight is 239 g/mol. The second-order valence-corrected chi connectivity index (χ2v) is 4.39. The van der Waals surface area contributed by atoms with Crippen LogP contribution in [0.15, 0.2) is 18.2 Å². The molecule has 1 rings (SSSR count). The number of aromatic hydroxyl groups is 1. The van der Waals surface area contributed by atoms with Crippen LogP contribution in [0.1, 0.15) is 37.6 Å². The molecule has 0 spiro atoms. The topological polar surface area (TPSA) is 49.3 Å². The number of rotatable bonds is 4. The summed E-state index contributed by atoms with van der Waals surface area (Å²) in [6.07, 6.45) is 0.811. The quantitative estimate of drug-likeness (QED) is 0.848. The Kier molecular flexibility index (Phi) is 4.49. The van der Waals surface area contributed by atoms with E-state index in [1.165, 1.54) is 6.07 Å². The zero-order valence-electron chi connectivity index (χ0n) is 10.3. The van der Waals surface area contributed by atoms with Crippen molar-refractivity contribution in [3.05, 3.63) is 29.6 Å². The normalized spacial score (nSPS) is 12.5. The van der Waals surface area contributed by atoms with Crippen LogP contribution in [0.3, 0.4) is 0 Å². The molecule has 0 aliphatic heterocycles. The summed E-state index contributed by atoms with van der Waals surface area (Å²) in [5.74, 6) is -0.953. The first kappa shape index (κ1) is 13.5. The van der Waals surface area contributed by atoms with Gasteiger partial charge in [0.1, 0.15) is 11.6 Å². The molecule has 2 N–H and O–H groups in total. The van der Waals surface area contributed by atoms with Gasteiger partial charge in [-0.15, -0.1) is 0 Å². The number of phenols is 1. The van der Waals surface area contributed by atoms with Gasteiger partial charge in [0.25, 0.3) is 5.91 Å². The van der Waals surface area contributed by atoms with E-state index < -0.39 is 5.82 Å². The highest BCUT2D eigenvalue weighted by Crippen LogP contribution is 2.18. The monoisotopic (exact) mass is 239 g/mol. The molecule has 1 unspecified atom stereocenters. The SMILES string of the molecule is CCC(NC(=O)c1ccc(F)cc1O)C(C)C. The second-order valence-electron chi connectivity index (χ2n) is 4.39. The van der Waals surface area contributed by atoms with Crippen LogP contribution in [0.25, 0.3) is 0 Å². The fraction of sp³-hybridized carbons (Fsp3) is 0.462. The van der Waals surface area contributed by atoms with Crippen LogP contribution in [0.4, 0.5) is 4.39 Å². The largest absolute Gasteiger partial charge is 0.507 e. The molecule has 1 amide bonds. The minimum Gasteiger partial charge on any atom is -0.507 e. The summed E-state index contributed by atoms with van der Waals surface area (Å²) in [5, 5.41) is 12.3. The van der Waals surface area contributed by atoms with E-state index in [9.17, 15) is 14.3 Å². The molecule has 1 aromatic rings. The van der Waals surface area contributed by atoms with E-state index in [-0.39, 0.29) is 23.3 Å². The molecule has 0 bridgehead atoms. The number of halogens is 1. The molecular weight excluding hydrogens is 221 g/mol. The lowest BCUT2D eigenvalue weighted by Gasteiger charge is -2.20. The predicted octanol–water partition coefficient (Wildman–Crippen LogP) is 2.70. The van der Waals surface area contributed by atoms with Gasteiger partial charge in [-0.1, -0.05) is 20.8 Å². The predicted molar refractivity (Wildman–Crippen MR) is 64.4 cm³/mol. The van der Waals surface area contributed by atoms with Crippen LogP contribution in [-0.4, -0.2) is 17.1 Å². The van der Waals surface area contributed by atoms with Gasteiger partial charge in [-0.3, -0.25) is 4.79 Å². The Hall–Kier alpha value is -1.58. The van der Waals surface area contributed by atoms with Gasteiger partial charge in [-0.2, -0.15) is 0 Å². The number of nitrogens with one attached hydrogen (secondary N) is 1. The molecule has 1 atom stereocenters. The van der Waals surface area contributed by atoms with Gasteiger partial charge in [0, 0.05) is 12.1 Å². The third-order valence-electron chi connectivity index (χ3n) is 2.77. The van der Waals surface area contributed by atoms with Gasteiger partial charge in [0.05, 0.1) is 5.56 Å². The van der Waals surface area contributed by atoms with Gasteiger partial charge in [-0.05, 0) is 24.5 Å². The van der Waals surface area contributed by atoms with Crippen molar-refractivity contribution in [1.82, 2.24) is 5.32 Å². The number of hydrogen-bond donors (Lipinski definition) is 2. The highest BCUT2D eigenvalue weighted by atomic mass is 19.1. The third-order valence-corrected chi connectivity index (χ3v) is 2.77. The summed E-state index contributed by atoms with van der Waals surface area (Å²) in [6, 6.07) is 3.43. The molecular formula is C13H18FNO2. The van der Waals surface area contributed by atoms with Crippen LogP contribution in [-0.2, 0) is 0 Å². The third kappa shape index (κ3) is 3.44. The number of benzene rings is 1. The number of carbonyl (C=O) groups is 1. The Morgan fingerprint density at radius 1 is 1.47 bits per heavy atom. The summed E-state index contributed by atoms with van der Waals surface area (Å²) in [7, 11) is 0. The van der Waals surface area contributed by atoms with E-state index in [1.807, 2.05) is 20.8 Å². The summed E-state index contributed by atoms with van der Waals surface area (Å²) in [5.41, 5.74) is 0.102. The highest BCUT2D eigenvalue weighted by Gasteiger charge is 2.17. The fourth-order valence-corrected chi connectivity index (χ4v) is 1.68. The van der Waals surface area contributed by atoms with Crippen molar-refractivity contribution in [2.45, 2.75) is 33.2 Å². The zero-order chi connectivity index (χ0) is 13.0. The molecule has 0 aliphatic carbocycles. The van der Waals surface area contributed by atoms with Gasteiger partial charge < -0.3 is 10.4 Å². The zero-order valence-corrected chi connectivity index (χ0v) is 10.3. The number of hydrogen-bond acceptors (Lipinski definition) is 2. The lowest BCUT2D eigenvalue weighted by molar-refractivity contribution is 0.0922. The first-order valence-corrected chi connectivity index (χ1v) is 5.75. The van der Waals surface area contributed by atoms with E-state index in [0.29, 0.717) is 5.92 Å². The van der Waals surface area contributed by atoms with Crippen molar-refractivity contribution in [1.29, 1.82) is 0 Å². The molecule has 3 nitrogen and oxygen atoms in total. The summed E-state index contributed by atoms with van der Waals surface area (Å²) >= 11 is 0. The Balaban J connectivity index is 2.82. The first-order chi connectivity index (χ1) is 7.95. The van der Waals surface area contributed by atoms with Gasteiger partial charge >= 0.3 is 0 Å². The van der Waals surface area contributed by atoms with Crippen molar-refractivity contribution >= 4 is 5.91 Å². The van der Waals surface area contributed by atoms with E-state index in [0.717, 1.165) is 18.6 Å². The van der Waals surface area contributed by atoms with E-state index in [2.05, 4.69) is 5.32 Å². The Labute approximate surface area is 101 Å². The summed E-state index contributed by atoms with van der Waals surface area (Å²) in [4.78, 5) is 11.9. The van der Waals surface area contributed by atoms with Gasteiger partial charge in [-0.25, -0.2) is 4.39 Å². The maximum atomic E-state index is 12.8. The standard InChI is InChI=1S/C13H18FNO2/c1-4-11(8(2)3)15-13(17)10-6-5-9(14)7-12(10)16/h5-8,11,16H,4H2,1-3H3,(H,15,17). The lowest BCUT2D eigenvalue weighted by atomic mass is 10.0. The van der Waals surface area contributed by atoms with Crippen molar-refractivity contribution in [3.8, 4) is 5.75 Å². The average Bonchev–Trinajstić information content (AvgIpc) is 2.24. The smallest absolute Gasteiger partial charge is 0.255 e. The Morgan fingerprint density at radius 3 is 2.59 bits per heavy atom. The summed E-state index contributed by atoms with van der Waals surface area (Å²) < 4.78 is 12.8. The van der Waals surface area contributed by atoms with Crippen LogP contribution < -0.4 is 5.32 Å². The maximum Gasteiger partial charge on any atom is 0.255 e. The first-order valence-electron chi connectivity index (χ1n) is 5.75. The second kappa shape index (κ2) is 5.66. The van der Waals surface area contributed by atoms with Crippen LogP contribution >= 0.6 is 0 Å². The Bertz CT molecular complexity index is 404. The van der Waals surface area contributed by atoms with Crippen LogP contribution in [0.2, 0.25) is 0 Å². The molecule has 4 heteroatoms. The van der Waals surface area contributed by atoms with Crippen molar-refractivity contribution in [3.63, 3.8) is 0 Å². The molecule has 0 radical (unpaired) electrons. The molecule has 0 fully saturated rings. The molecule has 0 aliphatic rings. The molecule has 0 aromatic heterocycles. The van der Waals surface area contributed by atoms with Gasteiger partial charge in [0.2, 0.25) is 0 Å². The Morgan fingerprint density at radius 2 is 2.12 bits per heavy atom. The minimum absolute atomic E-state index is 0.0481. The van der Waals surface area contributed by atoms with Crippen LogP contribution in [0, 0.1) is 11.7 Å². The number of amides is 1. The molecule has 1 aromatic carbocycles. The summed E-state index contributed by atoms with van der Waals surface area (Å²) in [6.45, 7) is 6.01. The minimum atomic E-state index is -0.560. The van der Waals surface area contributed by atoms with E-state index >= 15 is 0 Å². The van der Waals surface area contributed by atoms with Crippen molar-refractivity contribution < 1.29 is 14.3 Å². The van der Waals surface area contributed by atoms with Crippen LogP contribution in [0.5, 0.6) is 5.75 Å². The maximum absolute atomic E-state index is 12.8. The molecule has 0 saturated carbocycles. The molecule has 17 heavy (non-hydrogen) atoms. The molecule has 0 saturated heterocycles. The van der Waals surface area contributed by atoms with Crippen molar-refractivity contribution in [2.75, 3.05) is 0 Å². The fourth-order valence-electron chi connectivity index (χ4n) is 1.68. The van der Waals surface area contributed by atoms with E-state index in [4.69, 9.17) is 0 Å². The van der Waals surface area contributed by atoms with Crippen molar-refractivity contribution in [2.24, 2.45) is 5.92 Å². The lowest BCUT2D eigenvalue weighted by Crippen LogP contribution is -2.38.